The van der Waals surface area contributed by atoms with Gasteiger partial charge in [-0.1, -0.05) is 18.2 Å². The number of para-hydroxylation sites is 1. The van der Waals surface area contributed by atoms with E-state index in [0.717, 1.165) is 19.4 Å². The van der Waals surface area contributed by atoms with E-state index < -0.39 is 5.97 Å². The summed E-state index contributed by atoms with van der Waals surface area (Å²) >= 11 is 0. The Hall–Kier alpha value is -1.95. The maximum atomic E-state index is 11.3. The highest BCUT2D eigenvalue weighted by atomic mass is 16.5. The molecule has 6 heteroatoms. The van der Waals surface area contributed by atoms with E-state index in [0.29, 0.717) is 23.5 Å². The first-order chi connectivity index (χ1) is 9.70. The molecule has 0 saturated carbocycles. The molecule has 2 heterocycles. The molecule has 0 amide bonds. The molecule has 1 saturated heterocycles. The Morgan fingerprint density at radius 3 is 3.15 bits per heavy atom. The van der Waals surface area contributed by atoms with Crippen molar-refractivity contribution in [2.45, 2.75) is 32.4 Å². The van der Waals surface area contributed by atoms with Crippen molar-refractivity contribution in [1.29, 1.82) is 0 Å². The van der Waals surface area contributed by atoms with Gasteiger partial charge in [0.05, 0.1) is 11.7 Å². The van der Waals surface area contributed by atoms with Crippen molar-refractivity contribution in [2.24, 2.45) is 5.92 Å². The summed E-state index contributed by atoms with van der Waals surface area (Å²) in [6.07, 6.45) is 2.17. The normalized spacial score (nSPS) is 22.4. The van der Waals surface area contributed by atoms with Crippen LogP contribution in [0.1, 0.15) is 30.1 Å². The van der Waals surface area contributed by atoms with Gasteiger partial charge in [0.15, 0.2) is 0 Å². The van der Waals surface area contributed by atoms with Gasteiger partial charge in [0.1, 0.15) is 11.0 Å². The third kappa shape index (κ3) is 2.16. The van der Waals surface area contributed by atoms with E-state index in [9.17, 15) is 9.90 Å². The topological polar surface area (TPSA) is 77.2 Å². The van der Waals surface area contributed by atoms with Crippen LogP contribution in [0.5, 0.6) is 0 Å². The molecule has 2 aromatic rings. The Labute approximate surface area is 116 Å². The number of aromatic carboxylic acids is 1. The summed E-state index contributed by atoms with van der Waals surface area (Å²) in [6, 6.07) is 5.07. The molecule has 1 N–H and O–H groups in total. The molecule has 0 bridgehead atoms. The number of fused-ring (bicyclic) bond motifs is 1. The highest BCUT2D eigenvalue weighted by molar-refractivity contribution is 6.00. The Bertz CT molecular complexity index is 638. The maximum Gasteiger partial charge on any atom is 0.337 e. The second-order valence-electron chi connectivity index (χ2n) is 5.12. The first-order valence-corrected chi connectivity index (χ1v) is 6.87. The standard InChI is InChI=1S/C14H17N3O3/c1-2-12-9(6-7-20-12)8-17-13-10(14(18)19)4-3-5-11(13)15-16-17/h3-5,9,12H,2,6-8H2,1H3,(H,18,19). The number of nitrogens with zero attached hydrogens (tertiary/aromatic N) is 3. The summed E-state index contributed by atoms with van der Waals surface area (Å²) in [5, 5.41) is 17.5. The van der Waals surface area contributed by atoms with E-state index in [1.165, 1.54) is 0 Å². The van der Waals surface area contributed by atoms with E-state index >= 15 is 0 Å². The van der Waals surface area contributed by atoms with Crippen molar-refractivity contribution in [2.75, 3.05) is 6.61 Å². The number of aromatic nitrogens is 3. The van der Waals surface area contributed by atoms with Gasteiger partial charge in [-0.05, 0) is 25.0 Å². The van der Waals surface area contributed by atoms with Crippen molar-refractivity contribution in [3.8, 4) is 0 Å². The Balaban J connectivity index is 1.97. The lowest BCUT2D eigenvalue weighted by molar-refractivity contribution is 0.0698. The molecule has 1 fully saturated rings. The minimum Gasteiger partial charge on any atom is -0.478 e. The molecular formula is C14H17N3O3. The number of ether oxygens (including phenoxy) is 1. The SMILES string of the molecule is CCC1OCCC1Cn1nnc2cccc(C(=O)O)c21. The molecule has 0 spiro atoms. The lowest BCUT2D eigenvalue weighted by atomic mass is 9.99. The third-order valence-corrected chi connectivity index (χ3v) is 3.92. The molecule has 0 radical (unpaired) electrons. The molecule has 2 atom stereocenters. The number of hydrogen-bond donors (Lipinski definition) is 1. The molecule has 1 aromatic carbocycles. The second kappa shape index (κ2) is 5.20. The fraction of sp³-hybridized carbons (Fsp3) is 0.500. The maximum absolute atomic E-state index is 11.3. The first-order valence-electron chi connectivity index (χ1n) is 6.87. The molecule has 1 aliphatic heterocycles. The lowest BCUT2D eigenvalue weighted by Gasteiger charge is -2.16. The minimum atomic E-state index is -0.950. The van der Waals surface area contributed by atoms with Crippen molar-refractivity contribution in [1.82, 2.24) is 15.0 Å². The van der Waals surface area contributed by atoms with Gasteiger partial charge in [-0.3, -0.25) is 0 Å². The number of rotatable bonds is 4. The Morgan fingerprint density at radius 1 is 1.55 bits per heavy atom. The molecule has 20 heavy (non-hydrogen) atoms. The van der Waals surface area contributed by atoms with E-state index in [1.54, 1.807) is 22.9 Å². The smallest absolute Gasteiger partial charge is 0.337 e. The van der Waals surface area contributed by atoms with Gasteiger partial charge in [-0.25, -0.2) is 9.48 Å². The fourth-order valence-corrected chi connectivity index (χ4v) is 2.91. The van der Waals surface area contributed by atoms with Crippen LogP contribution in [0.3, 0.4) is 0 Å². The van der Waals surface area contributed by atoms with Crippen molar-refractivity contribution in [3.05, 3.63) is 23.8 Å². The molecule has 1 aliphatic rings. The summed E-state index contributed by atoms with van der Waals surface area (Å²) < 4.78 is 7.38. The summed E-state index contributed by atoms with van der Waals surface area (Å²) in [7, 11) is 0. The van der Waals surface area contributed by atoms with E-state index in [1.807, 2.05) is 0 Å². The number of carbonyl (C=O) groups is 1. The molecule has 106 valence electrons. The molecule has 1 aromatic heterocycles. The Morgan fingerprint density at radius 2 is 2.40 bits per heavy atom. The monoisotopic (exact) mass is 275 g/mol. The highest BCUT2D eigenvalue weighted by Crippen LogP contribution is 2.26. The van der Waals surface area contributed by atoms with Crippen LogP contribution in [0, 0.1) is 5.92 Å². The minimum absolute atomic E-state index is 0.228. The largest absolute Gasteiger partial charge is 0.478 e. The van der Waals surface area contributed by atoms with Crippen molar-refractivity contribution < 1.29 is 14.6 Å². The third-order valence-electron chi connectivity index (χ3n) is 3.92. The van der Waals surface area contributed by atoms with Crippen LogP contribution in [-0.2, 0) is 11.3 Å². The zero-order valence-corrected chi connectivity index (χ0v) is 11.3. The number of hydrogen-bond acceptors (Lipinski definition) is 4. The second-order valence-corrected chi connectivity index (χ2v) is 5.12. The average molecular weight is 275 g/mol. The molecule has 6 nitrogen and oxygen atoms in total. The van der Waals surface area contributed by atoms with Gasteiger partial charge in [-0.15, -0.1) is 5.10 Å². The van der Waals surface area contributed by atoms with Crippen LogP contribution in [0.15, 0.2) is 18.2 Å². The zero-order chi connectivity index (χ0) is 14.1. The quantitative estimate of drug-likeness (QED) is 0.922. The molecular weight excluding hydrogens is 258 g/mol. The van der Waals surface area contributed by atoms with Crippen LogP contribution < -0.4 is 0 Å². The number of carboxylic acids is 1. The fourth-order valence-electron chi connectivity index (χ4n) is 2.91. The van der Waals surface area contributed by atoms with Gasteiger partial charge in [-0.2, -0.15) is 0 Å². The Kier molecular flexibility index (Phi) is 3.40. The average Bonchev–Trinajstić information content (AvgIpc) is 3.06. The summed E-state index contributed by atoms with van der Waals surface area (Å²) in [5.41, 5.74) is 1.47. The van der Waals surface area contributed by atoms with Gasteiger partial charge in [0, 0.05) is 19.1 Å². The summed E-state index contributed by atoms with van der Waals surface area (Å²) in [4.78, 5) is 11.3. The first kappa shape index (κ1) is 13.1. The van der Waals surface area contributed by atoms with Crippen LogP contribution in [-0.4, -0.2) is 38.8 Å². The van der Waals surface area contributed by atoms with Gasteiger partial charge < -0.3 is 9.84 Å². The van der Waals surface area contributed by atoms with E-state index in [-0.39, 0.29) is 11.7 Å². The van der Waals surface area contributed by atoms with Crippen LogP contribution in [0.25, 0.3) is 11.0 Å². The van der Waals surface area contributed by atoms with E-state index in [4.69, 9.17) is 4.74 Å². The van der Waals surface area contributed by atoms with Gasteiger partial charge >= 0.3 is 5.97 Å². The van der Waals surface area contributed by atoms with Crippen LogP contribution >= 0.6 is 0 Å². The van der Waals surface area contributed by atoms with Gasteiger partial charge in [0.2, 0.25) is 0 Å². The molecule has 2 unspecified atom stereocenters. The summed E-state index contributed by atoms with van der Waals surface area (Å²) in [6.45, 7) is 3.52. The summed E-state index contributed by atoms with van der Waals surface area (Å²) in [5.74, 6) is -0.583. The molecule has 3 rings (SSSR count). The predicted molar refractivity (Wildman–Crippen MR) is 72.6 cm³/mol. The highest BCUT2D eigenvalue weighted by Gasteiger charge is 2.28. The van der Waals surface area contributed by atoms with E-state index in [2.05, 4.69) is 17.2 Å². The molecule has 0 aliphatic carbocycles. The lowest BCUT2D eigenvalue weighted by Crippen LogP contribution is -2.21. The number of carboxylic acid groups (broad SMARTS) is 1. The predicted octanol–water partition coefficient (Wildman–Crippen LogP) is 1.94. The van der Waals surface area contributed by atoms with Crippen LogP contribution in [0.4, 0.5) is 0 Å². The van der Waals surface area contributed by atoms with Crippen LogP contribution in [0.2, 0.25) is 0 Å². The van der Waals surface area contributed by atoms with Gasteiger partial charge in [0.25, 0.3) is 0 Å². The number of benzene rings is 1. The van der Waals surface area contributed by atoms with Crippen molar-refractivity contribution in [3.63, 3.8) is 0 Å². The zero-order valence-electron chi connectivity index (χ0n) is 11.3. The van der Waals surface area contributed by atoms with Crippen molar-refractivity contribution >= 4 is 17.0 Å².